The molecule has 0 fully saturated rings. The van der Waals surface area contributed by atoms with Crippen LogP contribution in [0, 0.1) is 0 Å². The number of benzene rings is 3. The van der Waals surface area contributed by atoms with E-state index in [1.165, 1.54) is 28.4 Å². The normalized spacial score (nSPS) is 10.7. The standard InChI is InChI=1S/C26H24O9/c1-30-17-12-15(10-11-16(17)34-13-14-8-6-5-7-9-14)22-20(28)19(27)18-23(31-2)21(29)25(32-3)26(33-4)24(18)35-22/h5-12,28-29H,13H2,1-4H3. The minimum absolute atomic E-state index is 0.0334. The van der Waals surface area contributed by atoms with Crippen LogP contribution in [0.2, 0.25) is 0 Å². The highest BCUT2D eigenvalue weighted by atomic mass is 16.5. The van der Waals surface area contributed by atoms with Gasteiger partial charge in [-0.05, 0) is 23.8 Å². The monoisotopic (exact) mass is 480 g/mol. The molecule has 0 unspecified atom stereocenters. The summed E-state index contributed by atoms with van der Waals surface area (Å²) in [6, 6.07) is 14.5. The van der Waals surface area contributed by atoms with Gasteiger partial charge >= 0.3 is 0 Å². The minimum Gasteiger partial charge on any atom is -0.502 e. The van der Waals surface area contributed by atoms with E-state index >= 15 is 0 Å². The van der Waals surface area contributed by atoms with Crippen molar-refractivity contribution in [3.05, 3.63) is 64.3 Å². The van der Waals surface area contributed by atoms with E-state index in [9.17, 15) is 15.0 Å². The molecule has 0 saturated carbocycles. The molecule has 1 aromatic heterocycles. The maximum Gasteiger partial charge on any atom is 0.239 e. The van der Waals surface area contributed by atoms with E-state index in [2.05, 4.69) is 0 Å². The number of hydrogen-bond donors (Lipinski definition) is 2. The zero-order valence-corrected chi connectivity index (χ0v) is 19.6. The molecule has 3 aromatic carbocycles. The van der Waals surface area contributed by atoms with Crippen molar-refractivity contribution in [3.8, 4) is 51.6 Å². The van der Waals surface area contributed by atoms with Crippen LogP contribution in [0.15, 0.2) is 57.7 Å². The average Bonchev–Trinajstić information content (AvgIpc) is 2.89. The van der Waals surface area contributed by atoms with E-state index in [1.54, 1.807) is 18.2 Å². The molecule has 1 heterocycles. The fourth-order valence-electron chi connectivity index (χ4n) is 3.76. The van der Waals surface area contributed by atoms with Crippen LogP contribution in [0.1, 0.15) is 5.56 Å². The lowest BCUT2D eigenvalue weighted by atomic mass is 10.1. The summed E-state index contributed by atoms with van der Waals surface area (Å²) >= 11 is 0. The van der Waals surface area contributed by atoms with Crippen LogP contribution in [0.25, 0.3) is 22.3 Å². The second kappa shape index (κ2) is 9.76. The van der Waals surface area contributed by atoms with E-state index in [4.69, 9.17) is 28.1 Å². The Balaban J connectivity index is 1.86. The van der Waals surface area contributed by atoms with E-state index in [0.717, 1.165) is 5.56 Å². The molecule has 35 heavy (non-hydrogen) atoms. The van der Waals surface area contributed by atoms with E-state index in [1.807, 2.05) is 30.3 Å². The molecule has 9 heteroatoms. The molecular weight excluding hydrogens is 456 g/mol. The van der Waals surface area contributed by atoms with Crippen molar-refractivity contribution in [3.63, 3.8) is 0 Å². The van der Waals surface area contributed by atoms with Gasteiger partial charge in [-0.15, -0.1) is 0 Å². The van der Waals surface area contributed by atoms with E-state index in [-0.39, 0.29) is 34.0 Å². The lowest BCUT2D eigenvalue weighted by Crippen LogP contribution is -2.07. The molecule has 0 saturated heterocycles. The largest absolute Gasteiger partial charge is 0.502 e. The first-order chi connectivity index (χ1) is 16.9. The predicted molar refractivity (Wildman–Crippen MR) is 128 cm³/mol. The van der Waals surface area contributed by atoms with Gasteiger partial charge in [-0.3, -0.25) is 4.79 Å². The number of hydrogen-bond acceptors (Lipinski definition) is 9. The molecule has 2 N–H and O–H groups in total. The van der Waals surface area contributed by atoms with Crippen molar-refractivity contribution in [1.29, 1.82) is 0 Å². The molecule has 0 radical (unpaired) electrons. The first-order valence-corrected chi connectivity index (χ1v) is 10.5. The number of phenolic OH excluding ortho intramolecular Hbond substituents is 1. The van der Waals surface area contributed by atoms with Gasteiger partial charge in [0, 0.05) is 5.56 Å². The summed E-state index contributed by atoms with van der Waals surface area (Å²) in [5.74, 6) is -0.767. The molecule has 0 aliphatic rings. The predicted octanol–water partition coefficient (Wildman–Crippen LogP) is 4.48. The zero-order valence-electron chi connectivity index (χ0n) is 19.6. The van der Waals surface area contributed by atoms with Gasteiger partial charge in [0.15, 0.2) is 28.6 Å². The summed E-state index contributed by atoms with van der Waals surface area (Å²) in [4.78, 5) is 13.1. The molecule has 9 nitrogen and oxygen atoms in total. The average molecular weight is 480 g/mol. The highest BCUT2D eigenvalue weighted by Gasteiger charge is 2.29. The zero-order chi connectivity index (χ0) is 25.1. The van der Waals surface area contributed by atoms with Gasteiger partial charge in [0.1, 0.15) is 12.0 Å². The maximum absolute atomic E-state index is 13.1. The van der Waals surface area contributed by atoms with Gasteiger partial charge in [-0.1, -0.05) is 30.3 Å². The lowest BCUT2D eigenvalue weighted by molar-refractivity contribution is 0.284. The third-order valence-corrected chi connectivity index (χ3v) is 5.43. The van der Waals surface area contributed by atoms with Crippen molar-refractivity contribution in [2.75, 3.05) is 28.4 Å². The Morgan fingerprint density at radius 3 is 2.09 bits per heavy atom. The summed E-state index contributed by atoms with van der Waals surface area (Å²) in [5, 5.41) is 21.1. The number of phenols is 1. The summed E-state index contributed by atoms with van der Waals surface area (Å²) in [6.07, 6.45) is 0. The third kappa shape index (κ3) is 4.12. The van der Waals surface area contributed by atoms with Gasteiger partial charge in [-0.2, -0.15) is 0 Å². The van der Waals surface area contributed by atoms with Gasteiger partial charge in [0.05, 0.1) is 28.4 Å². The van der Waals surface area contributed by atoms with E-state index in [0.29, 0.717) is 23.7 Å². The number of methoxy groups -OCH3 is 4. The first kappa shape index (κ1) is 23.6. The van der Waals surface area contributed by atoms with Crippen molar-refractivity contribution >= 4 is 11.0 Å². The van der Waals surface area contributed by atoms with Crippen LogP contribution in [-0.4, -0.2) is 38.7 Å². The molecule has 182 valence electrons. The minimum atomic E-state index is -0.822. The maximum atomic E-state index is 13.1. The van der Waals surface area contributed by atoms with Gasteiger partial charge < -0.3 is 38.3 Å². The van der Waals surface area contributed by atoms with Crippen LogP contribution >= 0.6 is 0 Å². The SMILES string of the molecule is COc1cc(-c2oc3c(OC)c(OC)c(O)c(OC)c3c(=O)c2O)ccc1OCc1ccccc1. The Morgan fingerprint density at radius 2 is 1.46 bits per heavy atom. The van der Waals surface area contributed by atoms with Gasteiger partial charge in [-0.25, -0.2) is 0 Å². The van der Waals surface area contributed by atoms with Crippen molar-refractivity contribution in [2.24, 2.45) is 0 Å². The summed E-state index contributed by atoms with van der Waals surface area (Å²) in [6.45, 7) is 0.327. The Bertz CT molecular complexity index is 1430. The Morgan fingerprint density at radius 1 is 0.771 bits per heavy atom. The topological polar surface area (TPSA) is 117 Å². The summed E-state index contributed by atoms with van der Waals surface area (Å²) in [5.41, 5.74) is 0.436. The van der Waals surface area contributed by atoms with E-state index < -0.39 is 16.9 Å². The van der Waals surface area contributed by atoms with Crippen LogP contribution in [-0.2, 0) is 6.61 Å². The molecule has 0 bridgehead atoms. The van der Waals surface area contributed by atoms with Crippen molar-refractivity contribution < 1.29 is 38.3 Å². The number of ether oxygens (including phenoxy) is 5. The lowest BCUT2D eigenvalue weighted by Gasteiger charge is -2.17. The fourth-order valence-corrected chi connectivity index (χ4v) is 3.76. The Kier molecular flexibility index (Phi) is 6.59. The number of rotatable bonds is 8. The molecule has 0 atom stereocenters. The van der Waals surface area contributed by atoms with Crippen LogP contribution in [0.3, 0.4) is 0 Å². The van der Waals surface area contributed by atoms with Crippen molar-refractivity contribution in [2.45, 2.75) is 6.61 Å². The second-order valence-electron chi connectivity index (χ2n) is 7.40. The summed E-state index contributed by atoms with van der Waals surface area (Å²) < 4.78 is 33.1. The highest BCUT2D eigenvalue weighted by molar-refractivity contribution is 5.96. The quantitative estimate of drug-likeness (QED) is 0.376. The molecule has 0 spiro atoms. The Hall–Kier alpha value is -4.53. The molecule has 0 aliphatic heterocycles. The molecule has 0 aliphatic carbocycles. The third-order valence-electron chi connectivity index (χ3n) is 5.43. The summed E-state index contributed by atoms with van der Waals surface area (Å²) in [7, 11) is 5.40. The molecule has 4 rings (SSSR count). The Labute approximate surface area is 200 Å². The molecular formula is C26H24O9. The van der Waals surface area contributed by atoms with Crippen LogP contribution in [0.4, 0.5) is 0 Å². The smallest absolute Gasteiger partial charge is 0.239 e. The van der Waals surface area contributed by atoms with Crippen LogP contribution < -0.4 is 29.1 Å². The first-order valence-electron chi connectivity index (χ1n) is 10.5. The molecule has 4 aromatic rings. The number of aromatic hydroxyl groups is 2. The van der Waals surface area contributed by atoms with Crippen LogP contribution in [0.5, 0.6) is 40.2 Å². The van der Waals surface area contributed by atoms with Gasteiger partial charge in [0.25, 0.3) is 0 Å². The van der Waals surface area contributed by atoms with Gasteiger partial charge in [0.2, 0.25) is 28.4 Å². The second-order valence-corrected chi connectivity index (χ2v) is 7.40. The highest BCUT2D eigenvalue weighted by Crippen LogP contribution is 2.51. The molecule has 0 amide bonds. The van der Waals surface area contributed by atoms with Crippen molar-refractivity contribution in [1.82, 2.24) is 0 Å². The fraction of sp³-hybridized carbons (Fsp3) is 0.192. The number of fused-ring (bicyclic) bond motifs is 1.